The van der Waals surface area contributed by atoms with Gasteiger partial charge in [-0.2, -0.15) is 0 Å². The Kier molecular flexibility index (Phi) is 4.79. The summed E-state index contributed by atoms with van der Waals surface area (Å²) >= 11 is 0. The van der Waals surface area contributed by atoms with Gasteiger partial charge >= 0.3 is 0 Å². The molecule has 1 aromatic carbocycles. The highest BCUT2D eigenvalue weighted by molar-refractivity contribution is 7.89. The van der Waals surface area contributed by atoms with Crippen LogP contribution in [0.15, 0.2) is 45.7 Å². The fraction of sp³-hybridized carbons (Fsp3) is 0.286. The van der Waals surface area contributed by atoms with Gasteiger partial charge in [-0.15, -0.1) is 0 Å². The molecule has 1 heterocycles. The maximum Gasteiger partial charge on any atom is 0.238 e. The van der Waals surface area contributed by atoms with E-state index < -0.39 is 10.0 Å². The van der Waals surface area contributed by atoms with Gasteiger partial charge < -0.3 is 14.8 Å². The van der Waals surface area contributed by atoms with Gasteiger partial charge in [-0.3, -0.25) is 0 Å². The van der Waals surface area contributed by atoms with Crippen molar-refractivity contribution in [3.05, 3.63) is 53.5 Å². The second kappa shape index (κ2) is 6.40. The number of rotatable bonds is 6. The Morgan fingerprint density at radius 2 is 1.81 bits per heavy atom. The van der Waals surface area contributed by atoms with Crippen LogP contribution >= 0.6 is 0 Å². The topological polar surface area (TPSA) is 106 Å². The van der Waals surface area contributed by atoms with Gasteiger partial charge in [0, 0.05) is 6.04 Å². The predicted octanol–water partition coefficient (Wildman–Crippen LogP) is 1.27. The molecule has 0 spiro atoms. The van der Waals surface area contributed by atoms with Crippen molar-refractivity contribution in [1.82, 2.24) is 5.32 Å². The molecule has 1 atom stereocenters. The van der Waals surface area contributed by atoms with E-state index in [-0.39, 0.29) is 17.5 Å². The van der Waals surface area contributed by atoms with Gasteiger partial charge in [0.15, 0.2) is 0 Å². The minimum atomic E-state index is -3.66. The first-order valence-electron chi connectivity index (χ1n) is 6.45. The summed E-state index contributed by atoms with van der Waals surface area (Å²) in [6.45, 7) is 2.35. The zero-order chi connectivity index (χ0) is 15.5. The third-order valence-corrected chi connectivity index (χ3v) is 4.09. The van der Waals surface area contributed by atoms with Crippen molar-refractivity contribution in [3.8, 4) is 0 Å². The SMILES string of the molecule is CC(NCc1ccc(CO)o1)c1ccc(S(N)(=O)=O)cc1. The molecular formula is C14H18N2O4S. The van der Waals surface area contributed by atoms with Crippen molar-refractivity contribution in [2.24, 2.45) is 5.14 Å². The van der Waals surface area contributed by atoms with Gasteiger partial charge in [0.2, 0.25) is 10.0 Å². The van der Waals surface area contributed by atoms with Crippen LogP contribution in [0, 0.1) is 0 Å². The number of nitrogens with one attached hydrogen (secondary N) is 1. The average molecular weight is 310 g/mol. The molecule has 0 fully saturated rings. The van der Waals surface area contributed by atoms with Gasteiger partial charge in [-0.05, 0) is 36.8 Å². The molecule has 0 bridgehead atoms. The average Bonchev–Trinajstić information content (AvgIpc) is 2.92. The summed E-state index contributed by atoms with van der Waals surface area (Å²) in [4.78, 5) is 0.0945. The van der Waals surface area contributed by atoms with E-state index in [2.05, 4.69) is 5.32 Å². The molecule has 0 aliphatic rings. The minimum Gasteiger partial charge on any atom is -0.462 e. The van der Waals surface area contributed by atoms with Crippen molar-refractivity contribution in [1.29, 1.82) is 0 Å². The zero-order valence-electron chi connectivity index (χ0n) is 11.6. The summed E-state index contributed by atoms with van der Waals surface area (Å²) in [5.74, 6) is 1.25. The van der Waals surface area contributed by atoms with Gasteiger partial charge in [0.05, 0.1) is 11.4 Å². The van der Waals surface area contributed by atoms with E-state index in [1.54, 1.807) is 24.3 Å². The maximum atomic E-state index is 11.2. The number of benzene rings is 1. The number of hydrogen-bond acceptors (Lipinski definition) is 5. The van der Waals surface area contributed by atoms with Crippen LogP contribution in [0.2, 0.25) is 0 Å². The Balaban J connectivity index is 1.98. The molecule has 7 heteroatoms. The fourth-order valence-corrected chi connectivity index (χ4v) is 2.44. The van der Waals surface area contributed by atoms with Crippen LogP contribution in [0.25, 0.3) is 0 Å². The van der Waals surface area contributed by atoms with Crippen LogP contribution in [0.1, 0.15) is 30.0 Å². The normalized spacial score (nSPS) is 13.3. The molecule has 2 aromatic rings. The molecule has 114 valence electrons. The minimum absolute atomic E-state index is 0.0159. The Hall–Kier alpha value is -1.67. The molecule has 0 amide bonds. The number of hydrogen-bond donors (Lipinski definition) is 3. The highest BCUT2D eigenvalue weighted by atomic mass is 32.2. The Labute approximate surface area is 123 Å². The molecule has 2 rings (SSSR count). The lowest BCUT2D eigenvalue weighted by molar-refractivity contribution is 0.242. The molecule has 0 aliphatic heterocycles. The van der Waals surface area contributed by atoms with Crippen molar-refractivity contribution in [2.75, 3.05) is 0 Å². The summed E-state index contributed by atoms with van der Waals surface area (Å²) in [6, 6.07) is 9.95. The lowest BCUT2D eigenvalue weighted by Crippen LogP contribution is -2.18. The number of furan rings is 1. The second-order valence-electron chi connectivity index (χ2n) is 4.74. The summed E-state index contributed by atoms with van der Waals surface area (Å²) in [6.07, 6.45) is 0. The number of nitrogens with two attached hydrogens (primary N) is 1. The van der Waals surface area contributed by atoms with Crippen molar-refractivity contribution in [3.63, 3.8) is 0 Å². The first-order valence-corrected chi connectivity index (χ1v) is 7.99. The van der Waals surface area contributed by atoms with Crippen LogP contribution < -0.4 is 10.5 Å². The second-order valence-corrected chi connectivity index (χ2v) is 6.30. The van der Waals surface area contributed by atoms with Gasteiger partial charge in [-0.1, -0.05) is 12.1 Å². The van der Waals surface area contributed by atoms with Crippen LogP contribution in [-0.2, 0) is 23.2 Å². The number of sulfonamides is 1. The summed E-state index contributed by atoms with van der Waals surface area (Å²) in [5.41, 5.74) is 0.941. The lowest BCUT2D eigenvalue weighted by atomic mass is 10.1. The van der Waals surface area contributed by atoms with Crippen molar-refractivity contribution < 1.29 is 17.9 Å². The number of aliphatic hydroxyl groups excluding tert-OH is 1. The van der Waals surface area contributed by atoms with E-state index >= 15 is 0 Å². The Morgan fingerprint density at radius 3 is 2.33 bits per heavy atom. The van der Waals surface area contributed by atoms with Crippen LogP contribution in [0.5, 0.6) is 0 Å². The largest absolute Gasteiger partial charge is 0.462 e. The van der Waals surface area contributed by atoms with E-state index in [1.165, 1.54) is 12.1 Å². The predicted molar refractivity (Wildman–Crippen MR) is 77.7 cm³/mol. The van der Waals surface area contributed by atoms with Crippen LogP contribution in [0.4, 0.5) is 0 Å². The molecule has 0 saturated carbocycles. The molecule has 1 unspecified atom stereocenters. The van der Waals surface area contributed by atoms with Crippen LogP contribution in [0.3, 0.4) is 0 Å². The summed E-state index contributed by atoms with van der Waals surface area (Å²) < 4.78 is 27.7. The molecule has 1 aromatic heterocycles. The quantitative estimate of drug-likeness (QED) is 0.745. The molecule has 0 saturated heterocycles. The fourth-order valence-electron chi connectivity index (χ4n) is 1.92. The van der Waals surface area contributed by atoms with E-state index in [9.17, 15) is 8.42 Å². The molecule has 6 nitrogen and oxygen atoms in total. The van der Waals surface area contributed by atoms with E-state index in [0.717, 1.165) is 11.3 Å². The number of aliphatic hydroxyl groups is 1. The zero-order valence-corrected chi connectivity index (χ0v) is 12.4. The maximum absolute atomic E-state index is 11.2. The first kappa shape index (κ1) is 15.7. The van der Waals surface area contributed by atoms with Gasteiger partial charge in [-0.25, -0.2) is 13.6 Å². The summed E-state index contributed by atoms with van der Waals surface area (Å²) in [7, 11) is -3.66. The van der Waals surface area contributed by atoms with E-state index in [0.29, 0.717) is 12.3 Å². The monoisotopic (exact) mass is 310 g/mol. The van der Waals surface area contributed by atoms with Crippen LogP contribution in [-0.4, -0.2) is 13.5 Å². The third-order valence-electron chi connectivity index (χ3n) is 3.16. The van der Waals surface area contributed by atoms with E-state index in [4.69, 9.17) is 14.7 Å². The van der Waals surface area contributed by atoms with Crippen molar-refractivity contribution in [2.45, 2.75) is 31.0 Å². The molecular weight excluding hydrogens is 292 g/mol. The lowest BCUT2D eigenvalue weighted by Gasteiger charge is -2.13. The highest BCUT2D eigenvalue weighted by Gasteiger charge is 2.10. The summed E-state index contributed by atoms with van der Waals surface area (Å²) in [5, 5.41) is 17.2. The number of primary sulfonamides is 1. The Morgan fingerprint density at radius 1 is 1.19 bits per heavy atom. The smallest absolute Gasteiger partial charge is 0.238 e. The van der Waals surface area contributed by atoms with Gasteiger partial charge in [0.25, 0.3) is 0 Å². The molecule has 21 heavy (non-hydrogen) atoms. The van der Waals surface area contributed by atoms with Gasteiger partial charge in [0.1, 0.15) is 18.1 Å². The Bertz CT molecular complexity index is 692. The molecule has 4 N–H and O–H groups in total. The molecule has 0 aliphatic carbocycles. The van der Waals surface area contributed by atoms with Crippen molar-refractivity contribution >= 4 is 10.0 Å². The van der Waals surface area contributed by atoms with E-state index in [1.807, 2.05) is 6.92 Å². The molecule has 0 radical (unpaired) electrons. The standard InChI is InChI=1S/C14H18N2O4S/c1-10(16-8-12-4-5-13(9-17)20-12)11-2-6-14(7-3-11)21(15,18)19/h2-7,10,16-17H,8-9H2,1H3,(H2,15,18,19). The third kappa shape index (κ3) is 4.15. The highest BCUT2D eigenvalue weighted by Crippen LogP contribution is 2.16. The first-order chi connectivity index (χ1) is 9.90.